The number of nitrogens with zero attached hydrogens (tertiary/aromatic N) is 6. The molecule has 0 saturated heterocycles. The maximum Gasteiger partial charge on any atom is 0.425 e. The minimum atomic E-state index is -0.961. The fourth-order valence-electron chi connectivity index (χ4n) is 4.85. The zero-order valence-electron chi connectivity index (χ0n) is 26.2. The third kappa shape index (κ3) is 6.32. The Kier molecular flexibility index (Phi) is 7.58. The average molecular weight is 628 g/mol. The fourth-order valence-corrected chi connectivity index (χ4v) is 4.85. The van der Waals surface area contributed by atoms with Crippen molar-refractivity contribution in [3.05, 3.63) is 55.0 Å². The Morgan fingerprint density at radius 2 is 1.52 bits per heavy atom. The van der Waals surface area contributed by atoms with Gasteiger partial charge in [0.1, 0.15) is 34.4 Å². The number of nitrogens with one attached hydrogen (secondary N) is 1. The zero-order valence-corrected chi connectivity index (χ0v) is 26.2. The van der Waals surface area contributed by atoms with E-state index in [2.05, 4.69) is 25.6 Å². The van der Waals surface area contributed by atoms with E-state index in [-0.39, 0.29) is 17.4 Å². The van der Waals surface area contributed by atoms with Gasteiger partial charge in [0.15, 0.2) is 11.3 Å². The normalized spacial score (nSPS) is 13.4. The number of amides is 3. The molecule has 0 atom stereocenters. The molecule has 46 heavy (non-hydrogen) atoms. The van der Waals surface area contributed by atoms with Crippen molar-refractivity contribution in [2.75, 3.05) is 10.2 Å². The van der Waals surface area contributed by atoms with Gasteiger partial charge in [0.2, 0.25) is 0 Å². The molecule has 6 rings (SSSR count). The molecule has 2 aromatic carbocycles. The average Bonchev–Trinajstić information content (AvgIpc) is 3.54. The molecule has 0 unspecified atom stereocenters. The smallest absolute Gasteiger partial charge is 0.425 e. The van der Waals surface area contributed by atoms with Crippen molar-refractivity contribution in [2.24, 2.45) is 0 Å². The topological polar surface area (TPSA) is 164 Å². The second-order valence-corrected chi connectivity index (χ2v) is 12.8. The Hall–Kier alpha value is -5.53. The summed E-state index contributed by atoms with van der Waals surface area (Å²) in [6, 6.07) is 12.1. The molecule has 0 radical (unpaired) electrons. The lowest BCUT2D eigenvalue weighted by Gasteiger charge is -2.28. The van der Waals surface area contributed by atoms with Crippen molar-refractivity contribution in [3.63, 3.8) is 0 Å². The second-order valence-electron chi connectivity index (χ2n) is 12.8. The van der Waals surface area contributed by atoms with Crippen LogP contribution in [0, 0.1) is 0 Å². The standard InChI is InChI=1S/C32H33N7O7/c1-31(2,3)44-29(41)39(30(42)45-32(4,5)6)27-23-21(16-38(18-12-13-18)26(23)33-17-34-27)20-14-15-22(25-24(20)36-46-37-25)35-28(40)43-19-10-8-7-9-11-19/h7-11,14-18H,12-13H2,1-6H3,(H,35,40). The molecule has 14 nitrogen and oxygen atoms in total. The first-order valence-electron chi connectivity index (χ1n) is 14.7. The van der Waals surface area contributed by atoms with Crippen LogP contribution in [0.2, 0.25) is 0 Å². The maximum absolute atomic E-state index is 13.6. The number of anilines is 2. The number of rotatable bonds is 5. The van der Waals surface area contributed by atoms with E-state index < -0.39 is 29.5 Å². The van der Waals surface area contributed by atoms with Crippen LogP contribution in [0.1, 0.15) is 60.4 Å². The number of benzene rings is 2. The van der Waals surface area contributed by atoms with Gasteiger partial charge in [0, 0.05) is 23.4 Å². The van der Waals surface area contributed by atoms with Gasteiger partial charge in [-0.1, -0.05) is 18.2 Å². The largest absolute Gasteiger partial charge is 0.443 e. The number of hydrogen-bond donors (Lipinski definition) is 1. The molecule has 14 heteroatoms. The van der Waals surface area contributed by atoms with Crippen molar-refractivity contribution in [3.8, 4) is 16.9 Å². The lowest BCUT2D eigenvalue weighted by atomic mass is 10.0. The van der Waals surface area contributed by atoms with E-state index in [0.29, 0.717) is 39.1 Å². The van der Waals surface area contributed by atoms with Crippen molar-refractivity contribution < 1.29 is 33.2 Å². The first-order chi connectivity index (χ1) is 21.8. The maximum atomic E-state index is 13.6. The van der Waals surface area contributed by atoms with Gasteiger partial charge < -0.3 is 18.8 Å². The predicted molar refractivity (Wildman–Crippen MR) is 168 cm³/mol. The van der Waals surface area contributed by atoms with Gasteiger partial charge in [-0.25, -0.2) is 29.0 Å². The summed E-state index contributed by atoms with van der Waals surface area (Å²) in [5.74, 6) is 0.340. The van der Waals surface area contributed by atoms with Crippen LogP contribution in [0.4, 0.5) is 25.9 Å². The van der Waals surface area contributed by atoms with Crippen LogP contribution in [0.3, 0.4) is 0 Å². The summed E-state index contributed by atoms with van der Waals surface area (Å²) in [6.45, 7) is 10.2. The van der Waals surface area contributed by atoms with Crippen LogP contribution in [0.15, 0.2) is 59.6 Å². The molecule has 3 aromatic heterocycles. The van der Waals surface area contributed by atoms with E-state index in [1.807, 2.05) is 16.8 Å². The summed E-state index contributed by atoms with van der Waals surface area (Å²) in [4.78, 5) is 49.7. The molecule has 1 aliphatic rings. The van der Waals surface area contributed by atoms with E-state index in [4.69, 9.17) is 18.8 Å². The molecule has 1 fully saturated rings. The summed E-state index contributed by atoms with van der Waals surface area (Å²) in [5, 5.41) is 11.3. The van der Waals surface area contributed by atoms with Gasteiger partial charge in [0.05, 0.1) is 11.1 Å². The third-order valence-electron chi connectivity index (χ3n) is 6.79. The number of carbonyl (C=O) groups excluding carboxylic acids is 3. The van der Waals surface area contributed by atoms with Crippen LogP contribution >= 0.6 is 0 Å². The number of ether oxygens (including phenoxy) is 3. The SMILES string of the molecule is CC(C)(C)OC(=O)N(C(=O)OC(C)(C)C)c1ncnc2c1c(-c1ccc(NC(=O)Oc3ccccc3)c3nonc13)cn2C1CC1. The monoisotopic (exact) mass is 627 g/mol. The van der Waals surface area contributed by atoms with Gasteiger partial charge in [-0.05, 0) is 89.0 Å². The second kappa shape index (κ2) is 11.4. The molecular formula is C32H33N7O7. The Labute approximate surface area is 263 Å². The molecular weight excluding hydrogens is 594 g/mol. The van der Waals surface area contributed by atoms with Crippen molar-refractivity contribution in [2.45, 2.75) is 71.6 Å². The molecule has 238 valence electrons. The highest BCUT2D eigenvalue weighted by Gasteiger charge is 2.37. The van der Waals surface area contributed by atoms with E-state index >= 15 is 0 Å². The van der Waals surface area contributed by atoms with Crippen LogP contribution in [-0.2, 0) is 9.47 Å². The highest BCUT2D eigenvalue weighted by atomic mass is 16.6. The Morgan fingerprint density at radius 1 is 0.870 bits per heavy atom. The van der Waals surface area contributed by atoms with Crippen molar-refractivity contribution in [1.82, 2.24) is 24.8 Å². The molecule has 1 aliphatic carbocycles. The van der Waals surface area contributed by atoms with Gasteiger partial charge >= 0.3 is 18.3 Å². The van der Waals surface area contributed by atoms with Crippen molar-refractivity contribution >= 4 is 51.9 Å². The summed E-state index contributed by atoms with van der Waals surface area (Å²) in [6.07, 6.45) is 2.38. The molecule has 5 aromatic rings. The minimum absolute atomic E-state index is 0.0267. The minimum Gasteiger partial charge on any atom is -0.443 e. The van der Waals surface area contributed by atoms with E-state index in [0.717, 1.165) is 17.7 Å². The number of aromatic nitrogens is 5. The first-order valence-corrected chi connectivity index (χ1v) is 14.7. The van der Waals surface area contributed by atoms with Crippen LogP contribution in [-0.4, -0.2) is 54.3 Å². The number of hydrogen-bond acceptors (Lipinski definition) is 11. The van der Waals surface area contributed by atoms with Gasteiger partial charge in [0.25, 0.3) is 0 Å². The lowest BCUT2D eigenvalue weighted by molar-refractivity contribution is 0.0429. The highest BCUT2D eigenvalue weighted by molar-refractivity contribution is 6.17. The van der Waals surface area contributed by atoms with Gasteiger partial charge in [-0.2, -0.15) is 4.90 Å². The predicted octanol–water partition coefficient (Wildman–Crippen LogP) is 7.26. The molecule has 1 N–H and O–H groups in total. The molecule has 3 heterocycles. The quantitative estimate of drug-likeness (QED) is 0.208. The molecule has 0 spiro atoms. The molecule has 3 amide bonds. The summed E-state index contributed by atoms with van der Waals surface area (Å²) in [5.41, 5.74) is 0.601. The Bertz CT molecular complexity index is 1920. The van der Waals surface area contributed by atoms with Crippen molar-refractivity contribution in [1.29, 1.82) is 0 Å². The number of para-hydroxylation sites is 1. The highest BCUT2D eigenvalue weighted by Crippen LogP contribution is 2.45. The number of imide groups is 1. The fraction of sp³-hybridized carbons (Fsp3) is 0.344. The zero-order chi connectivity index (χ0) is 32.8. The van der Waals surface area contributed by atoms with Gasteiger partial charge in [-0.3, -0.25) is 5.32 Å². The summed E-state index contributed by atoms with van der Waals surface area (Å²) >= 11 is 0. The first kappa shape index (κ1) is 30.5. The van der Waals surface area contributed by atoms with E-state index in [9.17, 15) is 14.4 Å². The molecule has 0 bridgehead atoms. The lowest BCUT2D eigenvalue weighted by Crippen LogP contribution is -2.44. The Morgan fingerprint density at radius 3 is 2.15 bits per heavy atom. The molecule has 1 saturated carbocycles. The van der Waals surface area contributed by atoms with E-state index in [1.54, 1.807) is 77.9 Å². The van der Waals surface area contributed by atoms with Gasteiger partial charge in [-0.15, -0.1) is 0 Å². The van der Waals surface area contributed by atoms with E-state index in [1.165, 1.54) is 6.33 Å². The Balaban J connectivity index is 1.48. The third-order valence-corrected chi connectivity index (χ3v) is 6.79. The van der Waals surface area contributed by atoms with Crippen LogP contribution < -0.4 is 15.0 Å². The summed E-state index contributed by atoms with van der Waals surface area (Å²) in [7, 11) is 0. The number of carbonyl (C=O) groups is 3. The number of fused-ring (bicyclic) bond motifs is 2. The summed E-state index contributed by atoms with van der Waals surface area (Å²) < 4.78 is 23.7. The van der Waals surface area contributed by atoms with Crippen LogP contribution in [0.5, 0.6) is 5.75 Å². The molecule has 0 aliphatic heterocycles. The van der Waals surface area contributed by atoms with Crippen LogP contribution in [0.25, 0.3) is 33.2 Å².